The summed E-state index contributed by atoms with van der Waals surface area (Å²) >= 11 is 0. The molecule has 0 fully saturated rings. The molecule has 0 aliphatic heterocycles. The lowest BCUT2D eigenvalue weighted by atomic mass is 10.0. The van der Waals surface area contributed by atoms with Gasteiger partial charge in [0, 0.05) is 23.5 Å². The van der Waals surface area contributed by atoms with Gasteiger partial charge in [-0.1, -0.05) is 24.3 Å². The minimum Gasteiger partial charge on any atom is -0.271 e. The van der Waals surface area contributed by atoms with Crippen molar-refractivity contribution in [1.82, 2.24) is 10.4 Å². The Morgan fingerprint density at radius 2 is 1.94 bits per heavy atom. The van der Waals surface area contributed by atoms with Gasteiger partial charge in [0.05, 0.1) is 0 Å². The fourth-order valence-corrected chi connectivity index (χ4v) is 1.92. The van der Waals surface area contributed by atoms with Crippen molar-refractivity contribution < 1.29 is 4.39 Å². The summed E-state index contributed by atoms with van der Waals surface area (Å²) in [4.78, 5) is 4.24. The molecule has 0 aliphatic carbocycles. The zero-order valence-electron chi connectivity index (χ0n) is 10.0. The monoisotopic (exact) mass is 245 g/mol. The predicted molar refractivity (Wildman–Crippen MR) is 69.0 cm³/mol. The summed E-state index contributed by atoms with van der Waals surface area (Å²) in [5.74, 6) is 5.27. The van der Waals surface area contributed by atoms with E-state index in [4.69, 9.17) is 5.84 Å². The second-order valence-corrected chi connectivity index (χ2v) is 4.10. The zero-order valence-corrected chi connectivity index (χ0v) is 10.0. The number of halogens is 1. The van der Waals surface area contributed by atoms with Gasteiger partial charge in [-0.25, -0.2) is 4.39 Å². The molecule has 0 saturated heterocycles. The average molecular weight is 245 g/mol. The molecule has 0 spiro atoms. The third-order valence-corrected chi connectivity index (χ3v) is 2.90. The number of aryl methyl sites for hydroxylation is 1. The van der Waals surface area contributed by atoms with Crippen molar-refractivity contribution in [2.45, 2.75) is 18.9 Å². The van der Waals surface area contributed by atoms with E-state index in [1.165, 1.54) is 6.07 Å². The minimum absolute atomic E-state index is 0.201. The first-order valence-corrected chi connectivity index (χ1v) is 5.91. The number of rotatable bonds is 5. The van der Waals surface area contributed by atoms with Crippen molar-refractivity contribution in [1.29, 1.82) is 0 Å². The van der Waals surface area contributed by atoms with Crippen LogP contribution in [0, 0.1) is 5.82 Å². The van der Waals surface area contributed by atoms with Crippen LogP contribution in [-0.2, 0) is 6.42 Å². The fourth-order valence-electron chi connectivity index (χ4n) is 1.92. The van der Waals surface area contributed by atoms with E-state index in [0.29, 0.717) is 12.0 Å². The van der Waals surface area contributed by atoms with Crippen molar-refractivity contribution in [2.24, 2.45) is 5.84 Å². The molecule has 0 saturated carbocycles. The number of benzene rings is 1. The van der Waals surface area contributed by atoms with Crippen LogP contribution in [0.15, 0.2) is 48.7 Å². The van der Waals surface area contributed by atoms with Crippen LogP contribution >= 0.6 is 0 Å². The molecule has 1 unspecified atom stereocenters. The number of nitrogens with one attached hydrogen (secondary N) is 1. The summed E-state index contributed by atoms with van der Waals surface area (Å²) < 4.78 is 13.6. The minimum atomic E-state index is -0.235. The van der Waals surface area contributed by atoms with Gasteiger partial charge in [-0.3, -0.25) is 16.3 Å². The summed E-state index contributed by atoms with van der Waals surface area (Å²) in [6.07, 6.45) is 3.21. The number of hydrogen-bond acceptors (Lipinski definition) is 3. The average Bonchev–Trinajstić information content (AvgIpc) is 2.42. The van der Waals surface area contributed by atoms with E-state index in [2.05, 4.69) is 10.4 Å². The largest absolute Gasteiger partial charge is 0.271 e. The molecular formula is C14H16FN3. The molecule has 1 aromatic carbocycles. The van der Waals surface area contributed by atoms with Gasteiger partial charge < -0.3 is 0 Å². The van der Waals surface area contributed by atoms with Crippen LogP contribution in [0.25, 0.3) is 0 Å². The lowest BCUT2D eigenvalue weighted by Crippen LogP contribution is -2.29. The van der Waals surface area contributed by atoms with E-state index in [1.54, 1.807) is 18.3 Å². The SMILES string of the molecule is NNC(CCc1ccccn1)c1ccccc1F. The van der Waals surface area contributed by atoms with Crippen LogP contribution in [-0.4, -0.2) is 4.98 Å². The molecular weight excluding hydrogens is 229 g/mol. The molecule has 1 heterocycles. The summed E-state index contributed by atoms with van der Waals surface area (Å²) in [6, 6.07) is 12.2. The molecule has 2 rings (SSSR count). The molecule has 4 heteroatoms. The van der Waals surface area contributed by atoms with E-state index >= 15 is 0 Å². The first-order chi connectivity index (χ1) is 8.81. The number of nitrogens with zero attached hydrogens (tertiary/aromatic N) is 1. The van der Waals surface area contributed by atoms with Crippen LogP contribution in [0.2, 0.25) is 0 Å². The molecule has 3 N–H and O–H groups in total. The fraction of sp³-hybridized carbons (Fsp3) is 0.214. The molecule has 1 atom stereocenters. The third kappa shape index (κ3) is 3.12. The Bertz CT molecular complexity index is 487. The second kappa shape index (κ2) is 6.23. The summed E-state index contributed by atoms with van der Waals surface area (Å²) in [5.41, 5.74) is 4.24. The van der Waals surface area contributed by atoms with Crippen molar-refractivity contribution in [3.8, 4) is 0 Å². The molecule has 18 heavy (non-hydrogen) atoms. The van der Waals surface area contributed by atoms with Gasteiger partial charge >= 0.3 is 0 Å². The van der Waals surface area contributed by atoms with Gasteiger partial charge in [-0.05, 0) is 31.0 Å². The highest BCUT2D eigenvalue weighted by Crippen LogP contribution is 2.20. The lowest BCUT2D eigenvalue weighted by Gasteiger charge is -2.16. The van der Waals surface area contributed by atoms with Gasteiger partial charge in [0.25, 0.3) is 0 Å². The highest BCUT2D eigenvalue weighted by Gasteiger charge is 2.13. The lowest BCUT2D eigenvalue weighted by molar-refractivity contribution is 0.483. The van der Waals surface area contributed by atoms with E-state index in [1.807, 2.05) is 24.3 Å². The smallest absolute Gasteiger partial charge is 0.128 e. The van der Waals surface area contributed by atoms with E-state index < -0.39 is 0 Å². The van der Waals surface area contributed by atoms with E-state index in [-0.39, 0.29) is 11.9 Å². The van der Waals surface area contributed by atoms with Gasteiger partial charge in [0.15, 0.2) is 0 Å². The third-order valence-electron chi connectivity index (χ3n) is 2.90. The number of hydrogen-bond donors (Lipinski definition) is 2. The first kappa shape index (κ1) is 12.7. The van der Waals surface area contributed by atoms with Crippen molar-refractivity contribution >= 4 is 0 Å². The standard InChI is InChI=1S/C14H16FN3/c15-13-7-2-1-6-12(13)14(18-16)9-8-11-5-3-4-10-17-11/h1-7,10,14,18H,8-9,16H2. The molecule has 3 nitrogen and oxygen atoms in total. The summed E-state index contributed by atoms with van der Waals surface area (Å²) in [5, 5.41) is 0. The maximum atomic E-state index is 13.6. The van der Waals surface area contributed by atoms with Crippen molar-refractivity contribution in [3.63, 3.8) is 0 Å². The predicted octanol–water partition coefficient (Wildman–Crippen LogP) is 2.36. The first-order valence-electron chi connectivity index (χ1n) is 5.91. The molecule has 0 radical (unpaired) electrons. The van der Waals surface area contributed by atoms with Gasteiger partial charge in [0.2, 0.25) is 0 Å². The Balaban J connectivity index is 2.04. The highest BCUT2D eigenvalue weighted by molar-refractivity contribution is 5.21. The Morgan fingerprint density at radius 1 is 1.17 bits per heavy atom. The zero-order chi connectivity index (χ0) is 12.8. The van der Waals surface area contributed by atoms with E-state index in [9.17, 15) is 4.39 Å². The maximum Gasteiger partial charge on any atom is 0.128 e. The number of aromatic nitrogens is 1. The van der Waals surface area contributed by atoms with Crippen molar-refractivity contribution in [3.05, 3.63) is 65.7 Å². The number of hydrazine groups is 1. The van der Waals surface area contributed by atoms with Crippen LogP contribution in [0.5, 0.6) is 0 Å². The van der Waals surface area contributed by atoms with Crippen LogP contribution in [0.4, 0.5) is 4.39 Å². The molecule has 2 aromatic rings. The molecule has 1 aromatic heterocycles. The molecule has 94 valence electrons. The molecule has 0 bridgehead atoms. The van der Waals surface area contributed by atoms with Gasteiger partial charge in [-0.2, -0.15) is 0 Å². The van der Waals surface area contributed by atoms with Crippen LogP contribution in [0.3, 0.4) is 0 Å². The normalized spacial score (nSPS) is 12.3. The maximum absolute atomic E-state index is 13.6. The van der Waals surface area contributed by atoms with Gasteiger partial charge in [-0.15, -0.1) is 0 Å². The Labute approximate surface area is 106 Å². The van der Waals surface area contributed by atoms with Crippen LogP contribution < -0.4 is 11.3 Å². The van der Waals surface area contributed by atoms with Gasteiger partial charge in [0.1, 0.15) is 5.82 Å². The topological polar surface area (TPSA) is 50.9 Å². The highest BCUT2D eigenvalue weighted by atomic mass is 19.1. The van der Waals surface area contributed by atoms with Crippen molar-refractivity contribution in [2.75, 3.05) is 0 Å². The molecule has 0 aliphatic rings. The van der Waals surface area contributed by atoms with E-state index in [0.717, 1.165) is 12.1 Å². The number of nitrogens with two attached hydrogens (primary N) is 1. The summed E-state index contributed by atoms with van der Waals surface area (Å²) in [6.45, 7) is 0. The summed E-state index contributed by atoms with van der Waals surface area (Å²) in [7, 11) is 0. The Hall–Kier alpha value is -1.78. The van der Waals surface area contributed by atoms with Crippen LogP contribution in [0.1, 0.15) is 23.7 Å². The second-order valence-electron chi connectivity index (χ2n) is 4.10. The number of pyridine rings is 1. The Kier molecular flexibility index (Phi) is 4.39. The Morgan fingerprint density at radius 3 is 2.61 bits per heavy atom. The molecule has 0 amide bonds. The quantitative estimate of drug-likeness (QED) is 0.628.